The number of nitrogens with zero attached hydrogens (tertiary/aromatic N) is 2. The summed E-state index contributed by atoms with van der Waals surface area (Å²) in [4.78, 5) is 8.66. The van der Waals surface area contributed by atoms with E-state index in [0.29, 0.717) is 11.6 Å². The highest BCUT2D eigenvalue weighted by molar-refractivity contribution is 5.83. The second-order valence-electron chi connectivity index (χ2n) is 2.66. The second-order valence-corrected chi connectivity index (χ2v) is 2.66. The Hall–Kier alpha value is -2.04. The molecular formula is C10H13N3O2. The topological polar surface area (TPSA) is 66.2 Å². The largest absolute Gasteiger partial charge is 0.507 e. The molecule has 0 amide bonds. The Morgan fingerprint density at radius 3 is 2.80 bits per heavy atom. The molecule has 0 spiro atoms. The van der Waals surface area contributed by atoms with E-state index in [0.717, 1.165) is 0 Å². The van der Waals surface area contributed by atoms with Gasteiger partial charge in [-0.3, -0.25) is 0 Å². The summed E-state index contributed by atoms with van der Waals surface area (Å²) in [5, 5.41) is 15.8. The number of para-hydroxylation sites is 1. The number of phenols is 1. The minimum atomic E-state index is 0.157. The van der Waals surface area contributed by atoms with Crippen LogP contribution in [0.3, 0.4) is 0 Å². The van der Waals surface area contributed by atoms with Gasteiger partial charge in [-0.25, -0.2) is 4.99 Å². The Balaban J connectivity index is 2.63. The third-order valence-electron chi connectivity index (χ3n) is 1.68. The zero-order valence-corrected chi connectivity index (χ0v) is 8.64. The number of amidine groups is 1. The predicted molar refractivity (Wildman–Crippen MR) is 59.2 cm³/mol. The summed E-state index contributed by atoms with van der Waals surface area (Å²) in [7, 11) is 3.26. The van der Waals surface area contributed by atoms with E-state index in [-0.39, 0.29) is 5.75 Å². The fourth-order valence-corrected chi connectivity index (χ4v) is 0.928. The van der Waals surface area contributed by atoms with Gasteiger partial charge in [-0.2, -0.15) is 0 Å². The van der Waals surface area contributed by atoms with Gasteiger partial charge in [0.05, 0.1) is 6.21 Å². The first-order chi connectivity index (χ1) is 7.27. The third-order valence-corrected chi connectivity index (χ3v) is 1.68. The fourth-order valence-electron chi connectivity index (χ4n) is 0.928. The van der Waals surface area contributed by atoms with E-state index in [4.69, 9.17) is 4.84 Å². The molecule has 80 valence electrons. The van der Waals surface area contributed by atoms with Gasteiger partial charge in [0.1, 0.15) is 5.75 Å². The first kappa shape index (κ1) is 11.0. The molecule has 5 nitrogen and oxygen atoms in total. The van der Waals surface area contributed by atoms with Gasteiger partial charge in [0.15, 0.2) is 0 Å². The van der Waals surface area contributed by atoms with E-state index in [1.165, 1.54) is 6.21 Å². The molecule has 0 aliphatic rings. The second kappa shape index (κ2) is 5.64. The van der Waals surface area contributed by atoms with E-state index in [1.807, 2.05) is 0 Å². The van der Waals surface area contributed by atoms with Crippen LogP contribution in [0.25, 0.3) is 0 Å². The summed E-state index contributed by atoms with van der Waals surface area (Å²) < 4.78 is 0. The maximum Gasteiger partial charge on any atom is 0.314 e. The summed E-state index contributed by atoms with van der Waals surface area (Å²) in [6.45, 7) is 0. The molecule has 0 atom stereocenters. The number of phenolic OH excluding ortho intramolecular Hbond substituents is 1. The Kier molecular flexibility index (Phi) is 4.15. The molecule has 0 bridgehead atoms. The first-order valence-corrected chi connectivity index (χ1v) is 4.41. The molecule has 0 saturated carbocycles. The normalized spacial score (nSPS) is 11.7. The Bertz CT molecular complexity index is 375. The minimum Gasteiger partial charge on any atom is -0.507 e. The molecule has 0 saturated heterocycles. The molecule has 5 heteroatoms. The van der Waals surface area contributed by atoms with Crippen molar-refractivity contribution in [3.05, 3.63) is 29.8 Å². The van der Waals surface area contributed by atoms with Gasteiger partial charge >= 0.3 is 6.02 Å². The predicted octanol–water partition coefficient (Wildman–Crippen LogP) is 0.948. The molecule has 0 radical (unpaired) electrons. The highest BCUT2D eigenvalue weighted by Crippen LogP contribution is 2.12. The Morgan fingerprint density at radius 1 is 1.47 bits per heavy atom. The van der Waals surface area contributed by atoms with E-state index in [2.05, 4.69) is 15.5 Å². The van der Waals surface area contributed by atoms with E-state index in [9.17, 15) is 5.11 Å². The number of benzene rings is 1. The molecule has 0 aliphatic heterocycles. The molecule has 0 fully saturated rings. The molecule has 1 rings (SSSR count). The minimum absolute atomic E-state index is 0.157. The number of rotatable bonds is 2. The molecule has 0 aliphatic carbocycles. The SMILES string of the molecule is C/N=C(/NC)O/N=C/c1ccccc1O. The van der Waals surface area contributed by atoms with Crippen molar-refractivity contribution in [2.75, 3.05) is 14.1 Å². The Labute approximate surface area is 88.1 Å². The van der Waals surface area contributed by atoms with Gasteiger partial charge < -0.3 is 15.3 Å². The highest BCUT2D eigenvalue weighted by atomic mass is 16.6. The van der Waals surface area contributed by atoms with Crippen LogP contribution in [0.2, 0.25) is 0 Å². The molecular weight excluding hydrogens is 194 g/mol. The summed E-state index contributed by atoms with van der Waals surface area (Å²) in [6.07, 6.45) is 1.41. The van der Waals surface area contributed by atoms with Crippen molar-refractivity contribution in [1.29, 1.82) is 0 Å². The number of hydrogen-bond donors (Lipinski definition) is 2. The van der Waals surface area contributed by atoms with Gasteiger partial charge in [-0.1, -0.05) is 17.3 Å². The van der Waals surface area contributed by atoms with Crippen molar-refractivity contribution >= 4 is 12.2 Å². The Morgan fingerprint density at radius 2 is 2.20 bits per heavy atom. The van der Waals surface area contributed by atoms with Crippen molar-refractivity contribution in [2.45, 2.75) is 0 Å². The van der Waals surface area contributed by atoms with Crippen LogP contribution in [0.4, 0.5) is 0 Å². The first-order valence-electron chi connectivity index (χ1n) is 4.41. The molecule has 1 aromatic carbocycles. The van der Waals surface area contributed by atoms with Crippen LogP contribution in [0, 0.1) is 0 Å². The number of hydrogen-bond acceptors (Lipinski definition) is 4. The molecule has 15 heavy (non-hydrogen) atoms. The lowest BCUT2D eigenvalue weighted by molar-refractivity contribution is 0.315. The zero-order valence-electron chi connectivity index (χ0n) is 8.64. The van der Waals surface area contributed by atoms with Crippen LogP contribution in [0.1, 0.15) is 5.56 Å². The van der Waals surface area contributed by atoms with Crippen LogP contribution in [0.5, 0.6) is 5.75 Å². The van der Waals surface area contributed by atoms with Crippen LogP contribution in [-0.2, 0) is 4.84 Å². The summed E-state index contributed by atoms with van der Waals surface area (Å²) in [5.41, 5.74) is 0.587. The number of nitrogens with one attached hydrogen (secondary N) is 1. The lowest BCUT2D eigenvalue weighted by atomic mass is 10.2. The molecule has 1 aromatic rings. The zero-order chi connectivity index (χ0) is 11.1. The van der Waals surface area contributed by atoms with Crippen molar-refractivity contribution in [3.63, 3.8) is 0 Å². The van der Waals surface area contributed by atoms with E-state index < -0.39 is 0 Å². The van der Waals surface area contributed by atoms with Crippen molar-refractivity contribution in [1.82, 2.24) is 5.32 Å². The maximum atomic E-state index is 9.40. The monoisotopic (exact) mass is 207 g/mol. The van der Waals surface area contributed by atoms with Crippen molar-refractivity contribution < 1.29 is 9.94 Å². The van der Waals surface area contributed by atoms with Gasteiger partial charge in [-0.05, 0) is 12.1 Å². The molecule has 0 heterocycles. The number of aliphatic imine (C=N–C) groups is 1. The molecule has 0 unspecified atom stereocenters. The van der Waals surface area contributed by atoms with Crippen LogP contribution in [-0.4, -0.2) is 31.4 Å². The third kappa shape index (κ3) is 3.30. The highest BCUT2D eigenvalue weighted by Gasteiger charge is 1.96. The number of aromatic hydroxyl groups is 1. The lowest BCUT2D eigenvalue weighted by Crippen LogP contribution is -2.19. The van der Waals surface area contributed by atoms with Crippen molar-refractivity contribution in [2.24, 2.45) is 10.1 Å². The quantitative estimate of drug-likeness (QED) is 0.431. The average molecular weight is 207 g/mol. The van der Waals surface area contributed by atoms with Crippen LogP contribution in [0.15, 0.2) is 34.4 Å². The van der Waals surface area contributed by atoms with Crippen molar-refractivity contribution in [3.8, 4) is 5.75 Å². The fraction of sp³-hybridized carbons (Fsp3) is 0.200. The maximum absolute atomic E-state index is 9.40. The summed E-state index contributed by atoms with van der Waals surface area (Å²) >= 11 is 0. The van der Waals surface area contributed by atoms with Gasteiger partial charge in [-0.15, -0.1) is 0 Å². The van der Waals surface area contributed by atoms with E-state index in [1.54, 1.807) is 38.4 Å². The molecule has 0 aromatic heterocycles. The van der Waals surface area contributed by atoms with Gasteiger partial charge in [0, 0.05) is 19.7 Å². The molecule has 2 N–H and O–H groups in total. The van der Waals surface area contributed by atoms with Crippen LogP contribution < -0.4 is 5.32 Å². The van der Waals surface area contributed by atoms with Gasteiger partial charge in [0.25, 0.3) is 0 Å². The lowest BCUT2D eigenvalue weighted by Gasteiger charge is -2.00. The van der Waals surface area contributed by atoms with E-state index >= 15 is 0 Å². The number of oxime groups is 1. The summed E-state index contributed by atoms with van der Waals surface area (Å²) in [5.74, 6) is 0.157. The standard InChI is InChI=1S/C10H13N3O2/c1-11-10(12-2)15-13-7-8-5-3-4-6-9(8)14/h3-7,14H,1-2H3,(H,11,12)/b13-7+. The van der Waals surface area contributed by atoms with Gasteiger partial charge in [0.2, 0.25) is 0 Å². The smallest absolute Gasteiger partial charge is 0.314 e. The summed E-state index contributed by atoms with van der Waals surface area (Å²) in [6, 6.07) is 7.15. The van der Waals surface area contributed by atoms with Crippen LogP contribution >= 0.6 is 0 Å². The average Bonchev–Trinajstić information content (AvgIpc) is 2.27.